The van der Waals surface area contributed by atoms with Gasteiger partial charge in [0.15, 0.2) is 0 Å². The van der Waals surface area contributed by atoms with Gasteiger partial charge in [-0.05, 0) is 29.7 Å². The third-order valence-electron chi connectivity index (χ3n) is 2.90. The molecule has 0 saturated heterocycles. The SMILES string of the molecule is COc1ncccc1-c1cc2ccccc2c(=O)o1. The van der Waals surface area contributed by atoms with Gasteiger partial charge in [0.2, 0.25) is 5.88 Å². The first-order chi connectivity index (χ1) is 9.29. The summed E-state index contributed by atoms with van der Waals surface area (Å²) >= 11 is 0. The Morgan fingerprint density at radius 2 is 2.00 bits per heavy atom. The normalized spacial score (nSPS) is 10.6. The molecule has 2 aromatic heterocycles. The van der Waals surface area contributed by atoms with E-state index >= 15 is 0 Å². The van der Waals surface area contributed by atoms with Gasteiger partial charge in [0, 0.05) is 6.20 Å². The standard InChI is InChI=1S/C15H11NO3/c1-18-14-12(7-4-8-16-14)13-9-10-5-2-3-6-11(10)15(17)19-13/h2-9H,1H3. The third-order valence-corrected chi connectivity index (χ3v) is 2.90. The molecular weight excluding hydrogens is 242 g/mol. The fourth-order valence-corrected chi connectivity index (χ4v) is 2.01. The van der Waals surface area contributed by atoms with Crippen molar-refractivity contribution in [3.05, 3.63) is 59.1 Å². The van der Waals surface area contributed by atoms with E-state index in [1.165, 1.54) is 7.11 Å². The Balaban J connectivity index is 2.29. The molecule has 0 atom stereocenters. The molecule has 0 saturated carbocycles. The summed E-state index contributed by atoms with van der Waals surface area (Å²) < 4.78 is 10.5. The summed E-state index contributed by atoms with van der Waals surface area (Å²) in [6.07, 6.45) is 1.63. The number of hydrogen-bond acceptors (Lipinski definition) is 4. The molecule has 3 rings (SSSR count). The quantitative estimate of drug-likeness (QED) is 0.704. The highest BCUT2D eigenvalue weighted by atomic mass is 16.5. The van der Waals surface area contributed by atoms with E-state index in [9.17, 15) is 4.79 Å². The van der Waals surface area contributed by atoms with Crippen molar-refractivity contribution in [1.29, 1.82) is 0 Å². The van der Waals surface area contributed by atoms with Crippen LogP contribution in [-0.4, -0.2) is 12.1 Å². The van der Waals surface area contributed by atoms with Crippen LogP contribution in [-0.2, 0) is 0 Å². The van der Waals surface area contributed by atoms with E-state index in [-0.39, 0.29) is 5.63 Å². The zero-order valence-corrected chi connectivity index (χ0v) is 10.3. The van der Waals surface area contributed by atoms with E-state index in [0.29, 0.717) is 22.6 Å². The van der Waals surface area contributed by atoms with Crippen molar-refractivity contribution in [1.82, 2.24) is 4.98 Å². The minimum atomic E-state index is -0.362. The van der Waals surface area contributed by atoms with Gasteiger partial charge in [-0.3, -0.25) is 0 Å². The molecule has 0 spiro atoms. The van der Waals surface area contributed by atoms with Crippen LogP contribution in [0.15, 0.2) is 57.9 Å². The Morgan fingerprint density at radius 1 is 1.16 bits per heavy atom. The number of hydrogen-bond donors (Lipinski definition) is 0. The topological polar surface area (TPSA) is 52.3 Å². The van der Waals surface area contributed by atoms with Gasteiger partial charge in [0.1, 0.15) is 5.76 Å². The van der Waals surface area contributed by atoms with Gasteiger partial charge in [0.05, 0.1) is 18.1 Å². The van der Waals surface area contributed by atoms with Crippen molar-refractivity contribution in [3.8, 4) is 17.2 Å². The van der Waals surface area contributed by atoms with Crippen LogP contribution in [0.25, 0.3) is 22.1 Å². The second-order valence-electron chi connectivity index (χ2n) is 4.05. The van der Waals surface area contributed by atoms with Crippen LogP contribution in [0, 0.1) is 0 Å². The van der Waals surface area contributed by atoms with Crippen LogP contribution in [0.4, 0.5) is 0 Å². The summed E-state index contributed by atoms with van der Waals surface area (Å²) in [5.74, 6) is 0.884. The molecule has 0 aliphatic heterocycles. The Kier molecular flexibility index (Phi) is 2.76. The van der Waals surface area contributed by atoms with Crippen molar-refractivity contribution < 1.29 is 9.15 Å². The molecule has 0 unspecified atom stereocenters. The lowest BCUT2D eigenvalue weighted by molar-refractivity contribution is 0.397. The number of fused-ring (bicyclic) bond motifs is 1. The van der Waals surface area contributed by atoms with Gasteiger partial charge in [-0.25, -0.2) is 9.78 Å². The maximum Gasteiger partial charge on any atom is 0.344 e. The van der Waals surface area contributed by atoms with E-state index < -0.39 is 0 Å². The van der Waals surface area contributed by atoms with Gasteiger partial charge in [0.25, 0.3) is 0 Å². The van der Waals surface area contributed by atoms with Gasteiger partial charge < -0.3 is 9.15 Å². The number of benzene rings is 1. The predicted molar refractivity (Wildman–Crippen MR) is 72.3 cm³/mol. The predicted octanol–water partition coefficient (Wildman–Crippen LogP) is 2.86. The van der Waals surface area contributed by atoms with Crippen LogP contribution in [0.3, 0.4) is 0 Å². The molecule has 3 aromatic rings. The average molecular weight is 253 g/mol. The fourth-order valence-electron chi connectivity index (χ4n) is 2.01. The molecule has 4 nitrogen and oxygen atoms in total. The van der Waals surface area contributed by atoms with Crippen molar-refractivity contribution in [2.75, 3.05) is 7.11 Å². The second kappa shape index (κ2) is 4.57. The van der Waals surface area contributed by atoms with Gasteiger partial charge in [-0.15, -0.1) is 0 Å². The molecule has 0 amide bonds. The number of aromatic nitrogens is 1. The van der Waals surface area contributed by atoms with E-state index in [0.717, 1.165) is 5.39 Å². The third kappa shape index (κ3) is 1.97. The smallest absolute Gasteiger partial charge is 0.344 e. The van der Waals surface area contributed by atoms with E-state index in [2.05, 4.69) is 4.98 Å². The maximum atomic E-state index is 11.9. The molecule has 1 aromatic carbocycles. The summed E-state index contributed by atoms with van der Waals surface area (Å²) in [5.41, 5.74) is 0.298. The van der Waals surface area contributed by atoms with Crippen LogP contribution in [0.1, 0.15) is 0 Å². The number of pyridine rings is 1. The second-order valence-corrected chi connectivity index (χ2v) is 4.05. The Labute approximate surface area is 109 Å². The number of ether oxygens (including phenoxy) is 1. The van der Waals surface area contributed by atoms with Crippen molar-refractivity contribution in [2.45, 2.75) is 0 Å². The van der Waals surface area contributed by atoms with Crippen LogP contribution in [0.5, 0.6) is 5.88 Å². The van der Waals surface area contributed by atoms with Crippen LogP contribution >= 0.6 is 0 Å². The maximum absolute atomic E-state index is 11.9. The summed E-state index contributed by atoms with van der Waals surface area (Å²) in [6.45, 7) is 0. The van der Waals surface area contributed by atoms with Crippen molar-refractivity contribution >= 4 is 10.8 Å². The molecular formula is C15H11NO3. The largest absolute Gasteiger partial charge is 0.480 e. The highest BCUT2D eigenvalue weighted by Crippen LogP contribution is 2.28. The molecule has 4 heteroatoms. The Hall–Kier alpha value is -2.62. The van der Waals surface area contributed by atoms with E-state index in [1.807, 2.05) is 24.3 Å². The lowest BCUT2D eigenvalue weighted by Crippen LogP contribution is -2.01. The summed E-state index contributed by atoms with van der Waals surface area (Å²) in [6, 6.07) is 12.7. The van der Waals surface area contributed by atoms with E-state index in [4.69, 9.17) is 9.15 Å². The molecule has 19 heavy (non-hydrogen) atoms. The molecule has 0 fully saturated rings. The van der Waals surface area contributed by atoms with Crippen molar-refractivity contribution in [3.63, 3.8) is 0 Å². The molecule has 0 aliphatic rings. The Morgan fingerprint density at radius 3 is 2.84 bits per heavy atom. The molecule has 0 N–H and O–H groups in total. The summed E-state index contributed by atoms with van der Waals surface area (Å²) in [7, 11) is 1.53. The van der Waals surface area contributed by atoms with Crippen molar-refractivity contribution in [2.24, 2.45) is 0 Å². The molecule has 94 valence electrons. The molecule has 2 heterocycles. The average Bonchev–Trinajstić information content (AvgIpc) is 2.47. The first-order valence-corrected chi connectivity index (χ1v) is 5.82. The molecule has 0 aliphatic carbocycles. The number of rotatable bonds is 2. The van der Waals surface area contributed by atoms with E-state index in [1.54, 1.807) is 24.4 Å². The van der Waals surface area contributed by atoms with Crippen LogP contribution in [0.2, 0.25) is 0 Å². The molecule has 0 radical (unpaired) electrons. The zero-order valence-electron chi connectivity index (χ0n) is 10.3. The number of methoxy groups -OCH3 is 1. The number of nitrogens with zero attached hydrogens (tertiary/aromatic N) is 1. The lowest BCUT2D eigenvalue weighted by Gasteiger charge is -2.06. The minimum Gasteiger partial charge on any atom is -0.480 e. The minimum absolute atomic E-state index is 0.362. The summed E-state index contributed by atoms with van der Waals surface area (Å²) in [4.78, 5) is 16.0. The zero-order chi connectivity index (χ0) is 13.2. The van der Waals surface area contributed by atoms with Gasteiger partial charge >= 0.3 is 5.63 Å². The highest BCUT2D eigenvalue weighted by molar-refractivity contribution is 5.84. The Bertz CT molecular complexity index is 792. The first kappa shape index (κ1) is 11.5. The molecule has 0 bridgehead atoms. The van der Waals surface area contributed by atoms with Gasteiger partial charge in [-0.2, -0.15) is 0 Å². The first-order valence-electron chi connectivity index (χ1n) is 5.82. The van der Waals surface area contributed by atoms with Crippen LogP contribution < -0.4 is 10.4 Å². The fraction of sp³-hybridized carbons (Fsp3) is 0.0667. The lowest BCUT2D eigenvalue weighted by atomic mass is 10.1. The van der Waals surface area contributed by atoms with Gasteiger partial charge in [-0.1, -0.05) is 18.2 Å². The summed E-state index contributed by atoms with van der Waals surface area (Å²) in [5, 5.41) is 1.40. The monoisotopic (exact) mass is 253 g/mol. The highest BCUT2D eigenvalue weighted by Gasteiger charge is 2.11.